The molecule has 0 aromatic heterocycles. The maximum Gasteiger partial charge on any atom is 0.0652 e. The zero-order valence-corrected chi connectivity index (χ0v) is 12.6. The average Bonchev–Trinajstić information content (AvgIpc) is 2.47. The molecule has 0 aliphatic heterocycles. The minimum absolute atomic E-state index is 0.0283. The van der Waals surface area contributed by atoms with Gasteiger partial charge in [0.2, 0.25) is 0 Å². The molecule has 0 radical (unpaired) electrons. The van der Waals surface area contributed by atoms with Crippen LogP contribution in [0.1, 0.15) is 23.6 Å². The van der Waals surface area contributed by atoms with E-state index in [4.69, 9.17) is 11.6 Å². The SMILES string of the molecule is Cc1ccc(CNC(C)(CO)c2ccccc2)c(Cl)c1. The van der Waals surface area contributed by atoms with Crippen LogP contribution in [0.4, 0.5) is 0 Å². The molecule has 2 aromatic carbocycles. The van der Waals surface area contributed by atoms with Gasteiger partial charge in [-0.2, -0.15) is 0 Å². The van der Waals surface area contributed by atoms with Crippen LogP contribution in [0.5, 0.6) is 0 Å². The van der Waals surface area contributed by atoms with Crippen LogP contribution in [-0.2, 0) is 12.1 Å². The number of aliphatic hydroxyl groups excluding tert-OH is 1. The number of halogens is 1. The molecule has 2 nitrogen and oxygen atoms in total. The molecular weight excluding hydrogens is 270 g/mol. The fourth-order valence-corrected chi connectivity index (χ4v) is 2.44. The van der Waals surface area contributed by atoms with Crippen LogP contribution in [0.15, 0.2) is 48.5 Å². The zero-order valence-electron chi connectivity index (χ0n) is 11.9. The van der Waals surface area contributed by atoms with E-state index in [0.717, 1.165) is 21.7 Å². The zero-order chi connectivity index (χ0) is 14.6. The number of nitrogens with one attached hydrogen (secondary N) is 1. The van der Waals surface area contributed by atoms with Gasteiger partial charge in [0.15, 0.2) is 0 Å². The van der Waals surface area contributed by atoms with E-state index in [2.05, 4.69) is 5.32 Å². The van der Waals surface area contributed by atoms with E-state index in [0.29, 0.717) is 6.54 Å². The highest BCUT2D eigenvalue weighted by atomic mass is 35.5. The summed E-state index contributed by atoms with van der Waals surface area (Å²) in [5.74, 6) is 0. The maximum atomic E-state index is 9.73. The fourth-order valence-electron chi connectivity index (χ4n) is 2.14. The van der Waals surface area contributed by atoms with Gasteiger partial charge in [-0.1, -0.05) is 54.1 Å². The van der Waals surface area contributed by atoms with Crippen molar-refractivity contribution >= 4 is 11.6 Å². The van der Waals surface area contributed by atoms with Crippen molar-refractivity contribution in [3.63, 3.8) is 0 Å². The average molecular weight is 290 g/mol. The number of rotatable bonds is 5. The first-order chi connectivity index (χ1) is 9.55. The highest BCUT2D eigenvalue weighted by Gasteiger charge is 2.24. The minimum Gasteiger partial charge on any atom is -0.394 e. The van der Waals surface area contributed by atoms with Crippen molar-refractivity contribution in [2.45, 2.75) is 25.9 Å². The predicted octanol–water partition coefficient (Wildman–Crippen LogP) is 3.65. The molecular formula is C17H20ClNO. The molecule has 3 heteroatoms. The lowest BCUT2D eigenvalue weighted by Crippen LogP contribution is -2.42. The van der Waals surface area contributed by atoms with Gasteiger partial charge in [0.25, 0.3) is 0 Å². The van der Waals surface area contributed by atoms with E-state index in [1.807, 2.05) is 62.4 Å². The molecule has 0 bridgehead atoms. The summed E-state index contributed by atoms with van der Waals surface area (Å²) < 4.78 is 0. The standard InChI is InChI=1S/C17H20ClNO/c1-13-8-9-14(16(18)10-13)11-19-17(2,12-20)15-6-4-3-5-7-15/h3-10,19-20H,11-12H2,1-2H3. The lowest BCUT2D eigenvalue weighted by atomic mass is 9.92. The van der Waals surface area contributed by atoms with Crippen LogP contribution in [-0.4, -0.2) is 11.7 Å². The lowest BCUT2D eigenvalue weighted by molar-refractivity contribution is 0.173. The molecule has 0 fully saturated rings. The van der Waals surface area contributed by atoms with Crippen molar-refractivity contribution in [3.05, 3.63) is 70.2 Å². The quantitative estimate of drug-likeness (QED) is 0.881. The van der Waals surface area contributed by atoms with Crippen LogP contribution in [0.2, 0.25) is 5.02 Å². The highest BCUT2D eigenvalue weighted by molar-refractivity contribution is 6.31. The third kappa shape index (κ3) is 3.40. The maximum absolute atomic E-state index is 9.73. The van der Waals surface area contributed by atoms with Crippen molar-refractivity contribution in [1.29, 1.82) is 0 Å². The van der Waals surface area contributed by atoms with Gasteiger partial charge >= 0.3 is 0 Å². The molecule has 1 unspecified atom stereocenters. The van der Waals surface area contributed by atoms with Crippen molar-refractivity contribution in [1.82, 2.24) is 5.32 Å². The summed E-state index contributed by atoms with van der Waals surface area (Å²) in [6.07, 6.45) is 0. The topological polar surface area (TPSA) is 32.3 Å². The van der Waals surface area contributed by atoms with E-state index >= 15 is 0 Å². The number of hydrogen-bond acceptors (Lipinski definition) is 2. The molecule has 0 saturated heterocycles. The Morgan fingerprint density at radius 3 is 2.45 bits per heavy atom. The second-order valence-corrected chi connectivity index (χ2v) is 5.71. The first-order valence-electron chi connectivity index (χ1n) is 6.71. The fraction of sp³-hybridized carbons (Fsp3) is 0.294. The molecule has 1 atom stereocenters. The minimum atomic E-state index is -0.477. The van der Waals surface area contributed by atoms with Crippen LogP contribution in [0.25, 0.3) is 0 Å². The third-order valence-corrected chi connectivity index (χ3v) is 3.96. The number of benzene rings is 2. The van der Waals surface area contributed by atoms with Gasteiger partial charge in [-0.15, -0.1) is 0 Å². The van der Waals surface area contributed by atoms with E-state index < -0.39 is 5.54 Å². The molecule has 2 aromatic rings. The molecule has 0 aliphatic carbocycles. The second-order valence-electron chi connectivity index (χ2n) is 5.30. The van der Waals surface area contributed by atoms with Gasteiger partial charge in [-0.25, -0.2) is 0 Å². The van der Waals surface area contributed by atoms with Gasteiger partial charge in [-0.05, 0) is 36.6 Å². The first-order valence-corrected chi connectivity index (χ1v) is 7.09. The van der Waals surface area contributed by atoms with Crippen molar-refractivity contribution in [2.75, 3.05) is 6.61 Å². The lowest BCUT2D eigenvalue weighted by Gasteiger charge is -2.29. The summed E-state index contributed by atoms with van der Waals surface area (Å²) in [5, 5.41) is 13.9. The third-order valence-electron chi connectivity index (χ3n) is 3.60. The van der Waals surface area contributed by atoms with Gasteiger partial charge in [0.1, 0.15) is 0 Å². The van der Waals surface area contributed by atoms with Crippen molar-refractivity contribution in [3.8, 4) is 0 Å². The number of aryl methyl sites for hydroxylation is 1. The van der Waals surface area contributed by atoms with Crippen LogP contribution in [0, 0.1) is 6.92 Å². The van der Waals surface area contributed by atoms with E-state index in [1.54, 1.807) is 0 Å². The predicted molar refractivity (Wildman–Crippen MR) is 83.9 cm³/mol. The normalized spacial score (nSPS) is 14.0. The van der Waals surface area contributed by atoms with E-state index in [-0.39, 0.29) is 6.61 Å². The van der Waals surface area contributed by atoms with E-state index in [1.165, 1.54) is 0 Å². The molecule has 0 amide bonds. The van der Waals surface area contributed by atoms with Gasteiger partial charge < -0.3 is 10.4 Å². The molecule has 0 spiro atoms. The second kappa shape index (κ2) is 6.40. The molecule has 2 N–H and O–H groups in total. The Balaban J connectivity index is 2.15. The summed E-state index contributed by atoms with van der Waals surface area (Å²) in [6, 6.07) is 16.0. The van der Waals surface area contributed by atoms with Gasteiger partial charge in [0, 0.05) is 11.6 Å². The van der Waals surface area contributed by atoms with Gasteiger partial charge in [-0.3, -0.25) is 0 Å². The Kier molecular flexibility index (Phi) is 4.81. The van der Waals surface area contributed by atoms with Crippen LogP contribution in [0.3, 0.4) is 0 Å². The van der Waals surface area contributed by atoms with Crippen LogP contribution >= 0.6 is 11.6 Å². The summed E-state index contributed by atoms with van der Waals surface area (Å²) in [6.45, 7) is 4.65. The summed E-state index contributed by atoms with van der Waals surface area (Å²) in [7, 11) is 0. The van der Waals surface area contributed by atoms with E-state index in [9.17, 15) is 5.11 Å². The molecule has 0 aliphatic rings. The summed E-state index contributed by atoms with van der Waals surface area (Å²) in [5.41, 5.74) is 2.76. The molecule has 106 valence electrons. The first kappa shape index (κ1) is 15.0. The Morgan fingerprint density at radius 1 is 1.15 bits per heavy atom. The Morgan fingerprint density at radius 2 is 1.85 bits per heavy atom. The van der Waals surface area contributed by atoms with Crippen molar-refractivity contribution in [2.24, 2.45) is 0 Å². The molecule has 0 heterocycles. The highest BCUT2D eigenvalue weighted by Crippen LogP contribution is 2.23. The largest absolute Gasteiger partial charge is 0.394 e. The summed E-state index contributed by atoms with van der Waals surface area (Å²) >= 11 is 6.25. The van der Waals surface area contributed by atoms with Crippen molar-refractivity contribution < 1.29 is 5.11 Å². The Hall–Kier alpha value is -1.35. The monoisotopic (exact) mass is 289 g/mol. The summed E-state index contributed by atoms with van der Waals surface area (Å²) in [4.78, 5) is 0. The molecule has 20 heavy (non-hydrogen) atoms. The smallest absolute Gasteiger partial charge is 0.0652 e. The van der Waals surface area contributed by atoms with Gasteiger partial charge in [0.05, 0.1) is 12.1 Å². The number of aliphatic hydroxyl groups is 1. The van der Waals surface area contributed by atoms with Crippen LogP contribution < -0.4 is 5.32 Å². The molecule has 2 rings (SSSR count). The number of hydrogen-bond donors (Lipinski definition) is 2. The Bertz CT molecular complexity index is 570. The Labute approximate surface area is 125 Å². The molecule has 0 saturated carbocycles.